The van der Waals surface area contributed by atoms with Gasteiger partial charge in [0.1, 0.15) is 11.5 Å². The van der Waals surface area contributed by atoms with Crippen LogP contribution in [0.15, 0.2) is 53.4 Å². The van der Waals surface area contributed by atoms with Crippen molar-refractivity contribution in [1.82, 2.24) is 9.78 Å². The van der Waals surface area contributed by atoms with Gasteiger partial charge in [0.2, 0.25) is 0 Å². The first-order chi connectivity index (χ1) is 11.5. The summed E-state index contributed by atoms with van der Waals surface area (Å²) in [5.41, 5.74) is 0.338. The minimum atomic E-state index is -2.81. The summed E-state index contributed by atoms with van der Waals surface area (Å²) in [6.07, 6.45) is -2.81. The molecule has 0 aliphatic rings. The lowest BCUT2D eigenvalue weighted by Crippen LogP contribution is -2.00. The average molecular weight is 353 g/mol. The van der Waals surface area contributed by atoms with E-state index in [1.165, 1.54) is 41.1 Å². The number of alkyl halides is 2. The highest BCUT2D eigenvalue weighted by molar-refractivity contribution is 7.65. The second-order valence-corrected chi connectivity index (χ2v) is 5.48. The second kappa shape index (κ2) is 6.48. The van der Waals surface area contributed by atoms with Crippen molar-refractivity contribution < 1.29 is 21.8 Å². The zero-order valence-corrected chi connectivity index (χ0v) is 12.7. The van der Waals surface area contributed by atoms with E-state index in [4.69, 9.17) is 0 Å². The highest BCUT2D eigenvalue weighted by atomic mass is 32.1. The first kappa shape index (κ1) is 16.3. The van der Waals surface area contributed by atoms with Gasteiger partial charge in [-0.25, -0.2) is 22.2 Å². The lowest BCUT2D eigenvalue weighted by molar-refractivity contribution is 0.145. The van der Waals surface area contributed by atoms with Crippen molar-refractivity contribution in [3.63, 3.8) is 0 Å². The third kappa shape index (κ3) is 3.05. The fourth-order valence-electron chi connectivity index (χ4n) is 2.22. The van der Waals surface area contributed by atoms with Crippen molar-refractivity contribution in [2.75, 3.05) is 0 Å². The van der Waals surface area contributed by atoms with Gasteiger partial charge in [-0.15, -0.1) is 0 Å². The van der Waals surface area contributed by atoms with Crippen LogP contribution in [-0.2, 0) is 15.9 Å². The molecule has 1 heterocycles. The molecule has 3 aromatic rings. The van der Waals surface area contributed by atoms with Crippen molar-refractivity contribution >= 4 is 11.7 Å². The summed E-state index contributed by atoms with van der Waals surface area (Å²) in [4.78, 5) is -0.0966. The van der Waals surface area contributed by atoms with Crippen LogP contribution in [0.4, 0.5) is 17.6 Å². The van der Waals surface area contributed by atoms with Gasteiger partial charge in [0.15, 0.2) is 5.82 Å². The first-order valence-electron chi connectivity index (χ1n) is 6.73. The molecule has 0 N–H and O–H groups in total. The molecule has 0 radical (unpaired) electrons. The minimum absolute atomic E-state index is 0.00250. The zero-order chi connectivity index (χ0) is 17.3. The van der Waals surface area contributed by atoms with Crippen molar-refractivity contribution in [2.24, 2.45) is 0 Å². The van der Waals surface area contributed by atoms with E-state index in [9.17, 15) is 21.8 Å². The van der Waals surface area contributed by atoms with Gasteiger partial charge in [-0.1, -0.05) is 0 Å². The Balaban J connectivity index is 2.17. The van der Waals surface area contributed by atoms with Crippen LogP contribution < -0.4 is 0 Å². The SMILES string of the molecule is O=[S+]c1ccc(-c2cc(C(F)F)nn2-c2ccc(F)cc2)cc1F. The molecular weight excluding hydrogens is 344 g/mol. The van der Waals surface area contributed by atoms with Gasteiger partial charge in [0.05, 0.1) is 11.4 Å². The Bertz CT molecular complexity index is 894. The van der Waals surface area contributed by atoms with Crippen molar-refractivity contribution in [3.05, 3.63) is 65.9 Å². The molecule has 0 fully saturated rings. The molecule has 0 saturated carbocycles. The fraction of sp³-hybridized carbons (Fsp3) is 0.0625. The topological polar surface area (TPSA) is 34.9 Å². The van der Waals surface area contributed by atoms with Gasteiger partial charge in [-0.05, 0) is 42.5 Å². The Morgan fingerprint density at radius 3 is 2.29 bits per heavy atom. The molecule has 24 heavy (non-hydrogen) atoms. The zero-order valence-electron chi connectivity index (χ0n) is 11.9. The van der Waals surface area contributed by atoms with Crippen LogP contribution in [0, 0.1) is 11.6 Å². The number of aromatic nitrogens is 2. The molecular formula is C16H9F4N2OS+. The second-order valence-electron chi connectivity index (χ2n) is 4.87. The number of hydrogen-bond donors (Lipinski definition) is 0. The highest BCUT2D eigenvalue weighted by Crippen LogP contribution is 2.29. The van der Waals surface area contributed by atoms with Crippen LogP contribution >= 0.6 is 0 Å². The lowest BCUT2D eigenvalue weighted by atomic mass is 10.1. The molecule has 0 unspecified atom stereocenters. The standard InChI is InChI=1S/C16H9F4N2OS/c17-10-2-4-11(5-3-10)22-14(8-13(21-22)16(19)20)9-1-6-15(24-23)12(18)7-9/h1-8,16H/q+1. The monoisotopic (exact) mass is 353 g/mol. The average Bonchev–Trinajstić information content (AvgIpc) is 3.01. The summed E-state index contributed by atoms with van der Waals surface area (Å²) in [5.74, 6) is -1.23. The van der Waals surface area contributed by atoms with Crippen molar-refractivity contribution in [1.29, 1.82) is 0 Å². The van der Waals surface area contributed by atoms with Crippen LogP contribution in [0.3, 0.4) is 0 Å². The number of benzene rings is 2. The number of nitrogens with zero attached hydrogens (tertiary/aromatic N) is 2. The van der Waals surface area contributed by atoms with Gasteiger partial charge in [0, 0.05) is 15.8 Å². The van der Waals surface area contributed by atoms with Crippen LogP contribution in [-0.4, -0.2) is 9.78 Å². The molecule has 0 atom stereocenters. The predicted molar refractivity (Wildman–Crippen MR) is 80.2 cm³/mol. The van der Waals surface area contributed by atoms with E-state index >= 15 is 0 Å². The predicted octanol–water partition coefficient (Wildman–Crippen LogP) is 4.54. The highest BCUT2D eigenvalue weighted by Gasteiger charge is 2.21. The summed E-state index contributed by atoms with van der Waals surface area (Å²) in [7, 11) is 0. The van der Waals surface area contributed by atoms with Gasteiger partial charge in [-0.3, -0.25) is 0 Å². The maximum absolute atomic E-state index is 13.8. The normalized spacial score (nSPS) is 11.0. The first-order valence-corrected chi connectivity index (χ1v) is 7.47. The van der Waals surface area contributed by atoms with Gasteiger partial charge in [0.25, 0.3) is 6.43 Å². The van der Waals surface area contributed by atoms with E-state index < -0.39 is 23.8 Å². The maximum Gasteiger partial charge on any atom is 0.508 e. The molecule has 3 nitrogen and oxygen atoms in total. The van der Waals surface area contributed by atoms with E-state index in [1.54, 1.807) is 0 Å². The van der Waals surface area contributed by atoms with Gasteiger partial charge < -0.3 is 0 Å². The van der Waals surface area contributed by atoms with E-state index in [0.29, 0.717) is 5.69 Å². The smallest absolute Gasteiger partial charge is 0.233 e. The summed E-state index contributed by atoms with van der Waals surface area (Å²) in [5, 5.41) is 3.81. The molecule has 3 rings (SSSR count). The van der Waals surface area contributed by atoms with Crippen molar-refractivity contribution in [2.45, 2.75) is 11.3 Å². The quantitative estimate of drug-likeness (QED) is 0.510. The number of rotatable bonds is 4. The summed E-state index contributed by atoms with van der Waals surface area (Å²) < 4.78 is 64.8. The van der Waals surface area contributed by atoms with Gasteiger partial charge >= 0.3 is 16.6 Å². The maximum atomic E-state index is 13.8. The molecule has 122 valence electrons. The number of halogens is 4. The molecule has 8 heteroatoms. The Morgan fingerprint density at radius 2 is 1.71 bits per heavy atom. The molecule has 0 aliphatic heterocycles. The molecule has 0 aliphatic carbocycles. The minimum Gasteiger partial charge on any atom is -0.233 e. The third-order valence-corrected chi connectivity index (χ3v) is 3.85. The largest absolute Gasteiger partial charge is 0.508 e. The summed E-state index contributed by atoms with van der Waals surface area (Å²) >= 11 is 0.00250. The van der Waals surface area contributed by atoms with E-state index in [1.807, 2.05) is 0 Å². The summed E-state index contributed by atoms with van der Waals surface area (Å²) in [6, 6.07) is 10.0. The fourth-order valence-corrected chi connectivity index (χ4v) is 2.48. The summed E-state index contributed by atoms with van der Waals surface area (Å²) in [6.45, 7) is 0. The van der Waals surface area contributed by atoms with E-state index in [2.05, 4.69) is 5.10 Å². The molecule has 1 aromatic heterocycles. The van der Waals surface area contributed by atoms with Crippen LogP contribution in [0.2, 0.25) is 0 Å². The Labute approximate surface area is 138 Å². The van der Waals surface area contributed by atoms with Crippen LogP contribution in [0.5, 0.6) is 0 Å². The lowest BCUT2D eigenvalue weighted by Gasteiger charge is -2.07. The Morgan fingerprint density at radius 1 is 1.00 bits per heavy atom. The Kier molecular flexibility index (Phi) is 4.39. The number of hydrogen-bond acceptors (Lipinski definition) is 2. The molecule has 0 amide bonds. The van der Waals surface area contributed by atoms with Crippen molar-refractivity contribution in [3.8, 4) is 16.9 Å². The van der Waals surface area contributed by atoms with E-state index in [-0.39, 0.29) is 27.8 Å². The molecule has 0 bridgehead atoms. The molecule has 0 saturated heterocycles. The third-order valence-electron chi connectivity index (χ3n) is 3.34. The molecule has 0 spiro atoms. The van der Waals surface area contributed by atoms with E-state index in [0.717, 1.165) is 12.1 Å². The van der Waals surface area contributed by atoms with Gasteiger partial charge in [-0.2, -0.15) is 5.10 Å². The Hall–Kier alpha value is -2.61. The van der Waals surface area contributed by atoms with Crippen LogP contribution in [0.1, 0.15) is 12.1 Å². The van der Waals surface area contributed by atoms with Crippen LogP contribution in [0.25, 0.3) is 16.9 Å². The molecule has 2 aromatic carbocycles.